The SMILES string of the molecule is COc1ccc(CC(CCCC(C)C)NN)cc1OC. The number of nitrogens with one attached hydrogen (secondary N) is 1. The molecule has 4 heteroatoms. The number of hydrogen-bond acceptors (Lipinski definition) is 4. The van der Waals surface area contributed by atoms with Crippen molar-refractivity contribution in [3.63, 3.8) is 0 Å². The molecule has 4 nitrogen and oxygen atoms in total. The molecule has 0 saturated heterocycles. The molecule has 3 N–H and O–H groups in total. The minimum atomic E-state index is 0.298. The maximum atomic E-state index is 5.66. The first-order valence-electron chi connectivity index (χ1n) is 7.27. The fourth-order valence-electron chi connectivity index (χ4n) is 2.31. The van der Waals surface area contributed by atoms with Crippen molar-refractivity contribution in [1.82, 2.24) is 5.43 Å². The van der Waals surface area contributed by atoms with Crippen LogP contribution in [0.15, 0.2) is 18.2 Å². The van der Waals surface area contributed by atoms with Crippen molar-refractivity contribution in [3.8, 4) is 11.5 Å². The summed E-state index contributed by atoms with van der Waals surface area (Å²) >= 11 is 0. The zero-order valence-electron chi connectivity index (χ0n) is 13.1. The summed E-state index contributed by atoms with van der Waals surface area (Å²) in [6.45, 7) is 4.50. The van der Waals surface area contributed by atoms with E-state index in [0.717, 1.165) is 30.3 Å². The van der Waals surface area contributed by atoms with Crippen molar-refractivity contribution in [2.24, 2.45) is 11.8 Å². The maximum absolute atomic E-state index is 5.66. The lowest BCUT2D eigenvalue weighted by Crippen LogP contribution is -2.36. The largest absolute Gasteiger partial charge is 0.493 e. The van der Waals surface area contributed by atoms with Gasteiger partial charge in [-0.2, -0.15) is 0 Å². The van der Waals surface area contributed by atoms with Crippen LogP contribution >= 0.6 is 0 Å². The van der Waals surface area contributed by atoms with Crippen molar-refractivity contribution in [2.75, 3.05) is 14.2 Å². The van der Waals surface area contributed by atoms with Gasteiger partial charge in [0, 0.05) is 6.04 Å². The molecular weight excluding hydrogens is 252 g/mol. The molecule has 0 saturated carbocycles. The molecular formula is C16H28N2O2. The number of methoxy groups -OCH3 is 2. The van der Waals surface area contributed by atoms with Crippen LogP contribution < -0.4 is 20.7 Å². The molecule has 0 heterocycles. The van der Waals surface area contributed by atoms with Crippen molar-refractivity contribution in [1.29, 1.82) is 0 Å². The molecule has 0 aliphatic rings. The Morgan fingerprint density at radius 3 is 2.35 bits per heavy atom. The lowest BCUT2D eigenvalue weighted by Gasteiger charge is -2.17. The maximum Gasteiger partial charge on any atom is 0.160 e. The fraction of sp³-hybridized carbons (Fsp3) is 0.625. The van der Waals surface area contributed by atoms with E-state index < -0.39 is 0 Å². The first-order valence-corrected chi connectivity index (χ1v) is 7.27. The third kappa shape index (κ3) is 5.39. The summed E-state index contributed by atoms with van der Waals surface area (Å²) in [5, 5.41) is 0. The molecule has 1 unspecified atom stereocenters. The van der Waals surface area contributed by atoms with Crippen LogP contribution in [0.25, 0.3) is 0 Å². The predicted molar refractivity (Wildman–Crippen MR) is 83.1 cm³/mol. The molecule has 1 aromatic rings. The van der Waals surface area contributed by atoms with Crippen molar-refractivity contribution >= 4 is 0 Å². The molecule has 114 valence electrons. The molecule has 0 fully saturated rings. The molecule has 0 aliphatic heterocycles. The fourth-order valence-corrected chi connectivity index (χ4v) is 2.31. The number of hydrogen-bond donors (Lipinski definition) is 2. The zero-order valence-corrected chi connectivity index (χ0v) is 13.1. The van der Waals surface area contributed by atoms with E-state index in [1.807, 2.05) is 12.1 Å². The van der Waals surface area contributed by atoms with Gasteiger partial charge < -0.3 is 9.47 Å². The standard InChI is InChI=1S/C16H28N2O2/c1-12(2)6-5-7-14(18-17)10-13-8-9-15(19-3)16(11-13)20-4/h8-9,11-12,14,18H,5-7,10,17H2,1-4H3. The quantitative estimate of drug-likeness (QED) is 0.539. The summed E-state index contributed by atoms with van der Waals surface area (Å²) < 4.78 is 10.6. The molecule has 1 atom stereocenters. The molecule has 0 radical (unpaired) electrons. The second-order valence-electron chi connectivity index (χ2n) is 5.58. The first-order chi connectivity index (χ1) is 9.60. The average molecular weight is 280 g/mol. The summed E-state index contributed by atoms with van der Waals surface area (Å²) in [5.41, 5.74) is 4.12. The number of ether oxygens (including phenoxy) is 2. The number of benzene rings is 1. The van der Waals surface area contributed by atoms with Gasteiger partial charge >= 0.3 is 0 Å². The van der Waals surface area contributed by atoms with Gasteiger partial charge in [0.15, 0.2) is 11.5 Å². The van der Waals surface area contributed by atoms with Crippen LogP contribution in [-0.2, 0) is 6.42 Å². The molecule has 0 spiro atoms. The van der Waals surface area contributed by atoms with Gasteiger partial charge in [-0.1, -0.05) is 32.8 Å². The van der Waals surface area contributed by atoms with Crippen LogP contribution in [0.5, 0.6) is 11.5 Å². The van der Waals surface area contributed by atoms with E-state index in [1.54, 1.807) is 14.2 Å². The predicted octanol–water partition coefficient (Wildman–Crippen LogP) is 2.90. The second-order valence-corrected chi connectivity index (χ2v) is 5.58. The monoisotopic (exact) mass is 280 g/mol. The van der Waals surface area contributed by atoms with E-state index in [0.29, 0.717) is 6.04 Å². The topological polar surface area (TPSA) is 56.5 Å². The molecule has 0 aliphatic carbocycles. The third-order valence-electron chi connectivity index (χ3n) is 3.50. The van der Waals surface area contributed by atoms with Gasteiger partial charge in [-0.15, -0.1) is 0 Å². The van der Waals surface area contributed by atoms with Gasteiger partial charge in [0.2, 0.25) is 0 Å². The smallest absolute Gasteiger partial charge is 0.160 e. The second kappa shape index (κ2) is 8.82. The molecule has 0 bridgehead atoms. The van der Waals surface area contributed by atoms with E-state index >= 15 is 0 Å². The highest BCUT2D eigenvalue weighted by atomic mass is 16.5. The molecule has 1 rings (SSSR count). The van der Waals surface area contributed by atoms with Crippen molar-refractivity contribution in [2.45, 2.75) is 45.6 Å². The minimum absolute atomic E-state index is 0.298. The van der Waals surface area contributed by atoms with Crippen molar-refractivity contribution in [3.05, 3.63) is 23.8 Å². The highest BCUT2D eigenvalue weighted by Crippen LogP contribution is 2.28. The van der Waals surface area contributed by atoms with Crippen LogP contribution in [0.3, 0.4) is 0 Å². The molecule has 0 aromatic heterocycles. The lowest BCUT2D eigenvalue weighted by molar-refractivity contribution is 0.354. The Balaban J connectivity index is 2.60. The van der Waals surface area contributed by atoms with E-state index in [9.17, 15) is 0 Å². The molecule has 1 aromatic carbocycles. The first kappa shape index (κ1) is 16.8. The van der Waals surface area contributed by atoms with Gasteiger partial charge in [-0.3, -0.25) is 11.3 Å². The summed E-state index contributed by atoms with van der Waals surface area (Å²) in [4.78, 5) is 0. The summed E-state index contributed by atoms with van der Waals surface area (Å²) in [7, 11) is 3.30. The van der Waals surface area contributed by atoms with Gasteiger partial charge in [-0.05, 0) is 36.5 Å². The Bertz CT molecular complexity index is 394. The van der Waals surface area contributed by atoms with Crippen LogP contribution in [0.2, 0.25) is 0 Å². The number of hydrazine groups is 1. The Hall–Kier alpha value is -1.26. The van der Waals surface area contributed by atoms with Crippen LogP contribution in [0, 0.1) is 5.92 Å². The van der Waals surface area contributed by atoms with E-state index in [-0.39, 0.29) is 0 Å². The Morgan fingerprint density at radius 2 is 1.80 bits per heavy atom. The van der Waals surface area contributed by atoms with Gasteiger partial charge in [0.25, 0.3) is 0 Å². The summed E-state index contributed by atoms with van der Waals surface area (Å²) in [5.74, 6) is 7.93. The van der Waals surface area contributed by atoms with Crippen LogP contribution in [0.1, 0.15) is 38.7 Å². The van der Waals surface area contributed by atoms with Gasteiger partial charge in [0.1, 0.15) is 0 Å². The van der Waals surface area contributed by atoms with Crippen molar-refractivity contribution < 1.29 is 9.47 Å². The highest BCUT2D eigenvalue weighted by molar-refractivity contribution is 5.43. The minimum Gasteiger partial charge on any atom is -0.493 e. The third-order valence-corrected chi connectivity index (χ3v) is 3.50. The average Bonchev–Trinajstić information content (AvgIpc) is 2.45. The van der Waals surface area contributed by atoms with E-state index in [4.69, 9.17) is 15.3 Å². The Morgan fingerprint density at radius 1 is 1.10 bits per heavy atom. The molecule has 20 heavy (non-hydrogen) atoms. The molecule has 0 amide bonds. The number of rotatable bonds is 9. The summed E-state index contributed by atoms with van der Waals surface area (Å²) in [6, 6.07) is 6.32. The lowest BCUT2D eigenvalue weighted by atomic mass is 9.98. The Kier molecular flexibility index (Phi) is 7.41. The van der Waals surface area contributed by atoms with E-state index in [2.05, 4.69) is 25.3 Å². The number of nitrogens with two attached hydrogens (primary N) is 1. The zero-order chi connectivity index (χ0) is 15.0. The Labute approximate surface area is 122 Å². The van der Waals surface area contributed by atoms with Crippen LogP contribution in [-0.4, -0.2) is 20.3 Å². The van der Waals surface area contributed by atoms with Gasteiger partial charge in [0.05, 0.1) is 14.2 Å². The highest BCUT2D eigenvalue weighted by Gasteiger charge is 2.11. The normalized spacial score (nSPS) is 12.5. The van der Waals surface area contributed by atoms with Crippen LogP contribution in [0.4, 0.5) is 0 Å². The van der Waals surface area contributed by atoms with E-state index in [1.165, 1.54) is 18.4 Å². The van der Waals surface area contributed by atoms with Gasteiger partial charge in [-0.25, -0.2) is 0 Å². The summed E-state index contributed by atoms with van der Waals surface area (Å²) in [6.07, 6.45) is 4.42.